The van der Waals surface area contributed by atoms with E-state index in [4.69, 9.17) is 9.47 Å². The monoisotopic (exact) mass is 229 g/mol. The topological polar surface area (TPSA) is 30.5 Å². The Morgan fingerprint density at radius 2 is 1.94 bits per heavy atom. The largest absolute Gasteiger partial charge is 0.379 e. The van der Waals surface area contributed by atoms with E-state index in [1.807, 2.05) is 0 Å². The molecule has 1 atom stereocenters. The Morgan fingerprint density at radius 3 is 2.56 bits per heavy atom. The van der Waals surface area contributed by atoms with Gasteiger partial charge in [-0.25, -0.2) is 0 Å². The van der Waals surface area contributed by atoms with Crippen LogP contribution in [0.3, 0.4) is 0 Å². The summed E-state index contributed by atoms with van der Waals surface area (Å²) in [6.45, 7) is 9.64. The van der Waals surface area contributed by atoms with Crippen molar-refractivity contribution in [2.75, 3.05) is 26.4 Å². The van der Waals surface area contributed by atoms with Crippen LogP contribution < -0.4 is 5.32 Å². The molecule has 1 aliphatic rings. The number of piperidine rings is 1. The molecule has 1 aliphatic heterocycles. The van der Waals surface area contributed by atoms with Crippen LogP contribution in [-0.4, -0.2) is 38.0 Å². The minimum Gasteiger partial charge on any atom is -0.379 e. The second-order valence-corrected chi connectivity index (χ2v) is 5.51. The van der Waals surface area contributed by atoms with Crippen molar-refractivity contribution < 1.29 is 9.47 Å². The average Bonchev–Trinajstić information content (AvgIpc) is 2.23. The zero-order valence-corrected chi connectivity index (χ0v) is 11.1. The lowest BCUT2D eigenvalue weighted by Crippen LogP contribution is -2.34. The number of rotatable bonds is 6. The Hall–Kier alpha value is -0.120. The van der Waals surface area contributed by atoms with Gasteiger partial charge < -0.3 is 14.8 Å². The van der Waals surface area contributed by atoms with E-state index in [0.29, 0.717) is 19.3 Å². The summed E-state index contributed by atoms with van der Waals surface area (Å²) in [6.07, 6.45) is 5.14. The van der Waals surface area contributed by atoms with Crippen molar-refractivity contribution in [1.82, 2.24) is 5.32 Å². The third kappa shape index (κ3) is 7.20. The Labute approximate surface area is 99.9 Å². The zero-order valence-electron chi connectivity index (χ0n) is 11.1. The van der Waals surface area contributed by atoms with E-state index < -0.39 is 0 Å². The molecule has 0 spiro atoms. The van der Waals surface area contributed by atoms with Crippen LogP contribution in [0.4, 0.5) is 0 Å². The maximum atomic E-state index is 5.58. The number of hydrogen-bond donors (Lipinski definition) is 1. The van der Waals surface area contributed by atoms with Crippen LogP contribution in [0, 0.1) is 0 Å². The summed E-state index contributed by atoms with van der Waals surface area (Å²) in [5, 5.41) is 3.52. The number of hydrogen-bond acceptors (Lipinski definition) is 3. The van der Waals surface area contributed by atoms with Crippen LogP contribution in [-0.2, 0) is 9.47 Å². The molecule has 3 heteroatoms. The van der Waals surface area contributed by atoms with Gasteiger partial charge in [-0.05, 0) is 46.6 Å². The first-order valence-electron chi connectivity index (χ1n) is 6.53. The number of ether oxygens (including phenoxy) is 2. The highest BCUT2D eigenvalue weighted by molar-refractivity contribution is 4.71. The molecule has 0 bridgehead atoms. The molecule has 1 heterocycles. The van der Waals surface area contributed by atoms with Gasteiger partial charge in [0.15, 0.2) is 0 Å². The first kappa shape index (κ1) is 13.9. The van der Waals surface area contributed by atoms with E-state index in [2.05, 4.69) is 26.1 Å². The lowest BCUT2D eigenvalue weighted by Gasteiger charge is -2.23. The second-order valence-electron chi connectivity index (χ2n) is 5.51. The van der Waals surface area contributed by atoms with Gasteiger partial charge in [-0.3, -0.25) is 0 Å². The molecule has 0 radical (unpaired) electrons. The van der Waals surface area contributed by atoms with Crippen molar-refractivity contribution in [3.05, 3.63) is 0 Å². The maximum absolute atomic E-state index is 5.58. The summed E-state index contributed by atoms with van der Waals surface area (Å²) >= 11 is 0. The normalized spacial score (nSPS) is 22.3. The van der Waals surface area contributed by atoms with Gasteiger partial charge in [0.25, 0.3) is 0 Å². The van der Waals surface area contributed by atoms with Gasteiger partial charge >= 0.3 is 0 Å². The van der Waals surface area contributed by atoms with Crippen LogP contribution in [0.5, 0.6) is 0 Å². The van der Waals surface area contributed by atoms with Crippen molar-refractivity contribution >= 4 is 0 Å². The summed E-state index contributed by atoms with van der Waals surface area (Å²) in [6, 6.07) is 0.678. The zero-order chi connectivity index (χ0) is 11.9. The molecule has 1 N–H and O–H groups in total. The molecule has 0 aromatic heterocycles. The molecule has 16 heavy (non-hydrogen) atoms. The number of nitrogens with one attached hydrogen (secondary N) is 1. The summed E-state index contributed by atoms with van der Waals surface area (Å²) in [5.41, 5.74) is -0.0473. The molecule has 1 saturated heterocycles. The molecule has 0 saturated carbocycles. The molecule has 1 rings (SSSR count). The van der Waals surface area contributed by atoms with Crippen LogP contribution >= 0.6 is 0 Å². The van der Waals surface area contributed by atoms with E-state index in [0.717, 1.165) is 13.0 Å². The summed E-state index contributed by atoms with van der Waals surface area (Å²) in [7, 11) is 0. The van der Waals surface area contributed by atoms with Crippen molar-refractivity contribution in [3.63, 3.8) is 0 Å². The summed E-state index contributed by atoms with van der Waals surface area (Å²) in [5.74, 6) is 0. The molecule has 1 unspecified atom stereocenters. The Bertz CT molecular complexity index is 171. The molecule has 1 fully saturated rings. The first-order chi connectivity index (χ1) is 7.58. The lowest BCUT2D eigenvalue weighted by atomic mass is 10.0. The van der Waals surface area contributed by atoms with Crippen LogP contribution in [0.2, 0.25) is 0 Å². The molecule has 0 aromatic rings. The van der Waals surface area contributed by atoms with Gasteiger partial charge in [-0.1, -0.05) is 6.42 Å². The molecule has 96 valence electrons. The second kappa shape index (κ2) is 7.25. The third-order valence-corrected chi connectivity index (χ3v) is 2.79. The maximum Gasteiger partial charge on any atom is 0.0707 e. The fourth-order valence-corrected chi connectivity index (χ4v) is 1.90. The predicted octanol–water partition coefficient (Wildman–Crippen LogP) is 2.35. The Kier molecular flexibility index (Phi) is 6.32. The summed E-state index contributed by atoms with van der Waals surface area (Å²) in [4.78, 5) is 0. The Morgan fingerprint density at radius 1 is 1.12 bits per heavy atom. The highest BCUT2D eigenvalue weighted by Gasteiger charge is 2.12. The van der Waals surface area contributed by atoms with Gasteiger partial charge in [0, 0.05) is 12.6 Å². The van der Waals surface area contributed by atoms with Crippen LogP contribution in [0.25, 0.3) is 0 Å². The van der Waals surface area contributed by atoms with Gasteiger partial charge in [-0.15, -0.1) is 0 Å². The smallest absolute Gasteiger partial charge is 0.0707 e. The van der Waals surface area contributed by atoms with E-state index in [-0.39, 0.29) is 5.60 Å². The van der Waals surface area contributed by atoms with E-state index >= 15 is 0 Å². The molecule has 0 aliphatic carbocycles. The van der Waals surface area contributed by atoms with Gasteiger partial charge in [0.05, 0.1) is 18.8 Å². The van der Waals surface area contributed by atoms with Gasteiger partial charge in [0.1, 0.15) is 0 Å². The highest BCUT2D eigenvalue weighted by Crippen LogP contribution is 2.10. The molecule has 0 aromatic carbocycles. The fourth-order valence-electron chi connectivity index (χ4n) is 1.90. The highest BCUT2D eigenvalue weighted by atomic mass is 16.5. The lowest BCUT2D eigenvalue weighted by molar-refractivity contribution is -0.0358. The van der Waals surface area contributed by atoms with Crippen molar-refractivity contribution in [2.45, 2.75) is 58.1 Å². The van der Waals surface area contributed by atoms with Gasteiger partial charge in [-0.2, -0.15) is 0 Å². The van der Waals surface area contributed by atoms with E-state index in [9.17, 15) is 0 Å². The SMILES string of the molecule is CC(C)(C)OCCOCCC1CCCCN1. The van der Waals surface area contributed by atoms with E-state index in [1.54, 1.807) is 0 Å². The molecular formula is C13H27NO2. The Balaban J connectivity index is 1.87. The molecular weight excluding hydrogens is 202 g/mol. The first-order valence-corrected chi connectivity index (χ1v) is 6.53. The minimum atomic E-state index is -0.0473. The summed E-state index contributed by atoms with van der Waals surface area (Å²) < 4.78 is 11.1. The van der Waals surface area contributed by atoms with Crippen molar-refractivity contribution in [2.24, 2.45) is 0 Å². The third-order valence-electron chi connectivity index (χ3n) is 2.79. The fraction of sp³-hybridized carbons (Fsp3) is 1.00. The van der Waals surface area contributed by atoms with Crippen LogP contribution in [0.15, 0.2) is 0 Å². The minimum absolute atomic E-state index is 0.0473. The standard InChI is InChI=1S/C13H27NO2/c1-13(2,3)16-11-10-15-9-7-12-6-4-5-8-14-12/h12,14H,4-11H2,1-3H3. The quantitative estimate of drug-likeness (QED) is 0.709. The van der Waals surface area contributed by atoms with Crippen LogP contribution in [0.1, 0.15) is 46.5 Å². The van der Waals surface area contributed by atoms with E-state index in [1.165, 1.54) is 25.8 Å². The van der Waals surface area contributed by atoms with Gasteiger partial charge in [0.2, 0.25) is 0 Å². The van der Waals surface area contributed by atoms with Crippen molar-refractivity contribution in [3.8, 4) is 0 Å². The average molecular weight is 229 g/mol. The molecule has 0 amide bonds. The predicted molar refractivity (Wildman–Crippen MR) is 66.8 cm³/mol. The van der Waals surface area contributed by atoms with Crippen molar-refractivity contribution in [1.29, 1.82) is 0 Å². The molecule has 3 nitrogen and oxygen atoms in total.